The fourth-order valence-electron chi connectivity index (χ4n) is 0. The Labute approximate surface area is 53.7 Å². The quantitative estimate of drug-likeness (QED) is 0.236. The van der Waals surface area contributed by atoms with E-state index < -0.39 is 5.09 Å². The van der Waals surface area contributed by atoms with Gasteiger partial charge in [-0.25, -0.2) is 0 Å². The molecule has 0 aromatic heterocycles. The predicted octanol–water partition coefficient (Wildman–Crippen LogP) is -3.24. The van der Waals surface area contributed by atoms with Crippen LogP contribution in [0.1, 0.15) is 0 Å². The van der Waals surface area contributed by atoms with Crippen molar-refractivity contribution in [3.8, 4) is 0 Å². The first kappa shape index (κ1) is 16.4. The summed E-state index contributed by atoms with van der Waals surface area (Å²) >= 11 is 0. The van der Waals surface area contributed by atoms with Crippen molar-refractivity contribution in [2.24, 2.45) is 0 Å². The van der Waals surface area contributed by atoms with E-state index in [4.69, 9.17) is 15.3 Å². The average Bonchev–Trinajstić information content (AvgIpc) is 0.811. The summed E-state index contributed by atoms with van der Waals surface area (Å²) in [6.45, 7) is 0. The van der Waals surface area contributed by atoms with E-state index in [2.05, 4.69) is 0 Å². The SMILES string of the molecule is O=[N+]([O-])[O-].[Cl-].[Pd+2]. The fourth-order valence-corrected chi connectivity index (χ4v) is 0. The van der Waals surface area contributed by atoms with Gasteiger partial charge in [0.05, 0.1) is 5.09 Å². The molecule has 0 atom stereocenters. The molecule has 40 valence electrons. The molecule has 0 aromatic rings. The first-order valence-electron chi connectivity index (χ1n) is 0.548. The van der Waals surface area contributed by atoms with Gasteiger partial charge in [-0.3, -0.25) is 0 Å². The Morgan fingerprint density at radius 2 is 1.33 bits per heavy atom. The molecule has 0 N–H and O–H groups in total. The molecule has 0 spiro atoms. The molecular formula is ClNO3Pd. The van der Waals surface area contributed by atoms with Gasteiger partial charge in [-0.2, -0.15) is 0 Å². The van der Waals surface area contributed by atoms with Crippen LogP contribution in [0.15, 0.2) is 0 Å². The molecule has 0 amide bonds. The third kappa shape index (κ3) is 1780. The van der Waals surface area contributed by atoms with Crippen LogP contribution in [0.25, 0.3) is 0 Å². The minimum Gasteiger partial charge on any atom is -1.00 e. The smallest absolute Gasteiger partial charge is 1.00 e. The van der Waals surface area contributed by atoms with E-state index in [0.717, 1.165) is 0 Å². The summed E-state index contributed by atoms with van der Waals surface area (Å²) in [6, 6.07) is 0. The van der Waals surface area contributed by atoms with Gasteiger partial charge in [0.25, 0.3) is 0 Å². The van der Waals surface area contributed by atoms with E-state index in [1.165, 1.54) is 0 Å². The van der Waals surface area contributed by atoms with Crippen molar-refractivity contribution in [1.29, 1.82) is 0 Å². The molecule has 0 rings (SSSR count). The average molecular weight is 204 g/mol. The minimum atomic E-state index is -1.75. The maximum Gasteiger partial charge on any atom is 2.00 e. The summed E-state index contributed by atoms with van der Waals surface area (Å²) in [4.78, 5) is 8.25. The van der Waals surface area contributed by atoms with Gasteiger partial charge in [0.2, 0.25) is 0 Å². The molecule has 0 bridgehead atoms. The van der Waals surface area contributed by atoms with Crippen LogP contribution < -0.4 is 12.4 Å². The number of hydrogen-bond donors (Lipinski definition) is 0. The van der Waals surface area contributed by atoms with Crippen molar-refractivity contribution in [3.63, 3.8) is 0 Å². The zero-order valence-electron chi connectivity index (χ0n) is 2.37. The molecule has 0 aliphatic rings. The van der Waals surface area contributed by atoms with Gasteiger partial charge in [0.1, 0.15) is 0 Å². The van der Waals surface area contributed by atoms with Gasteiger partial charge in [-0.15, -0.1) is 0 Å². The van der Waals surface area contributed by atoms with Crippen LogP contribution >= 0.6 is 0 Å². The summed E-state index contributed by atoms with van der Waals surface area (Å²) in [7, 11) is 0. The standard InChI is InChI=1S/ClH.NO3.Pd/c;2-1(3)4;/h1H;;/q;-1;+2/p-1. The van der Waals surface area contributed by atoms with Crippen LogP contribution in [0.4, 0.5) is 0 Å². The summed E-state index contributed by atoms with van der Waals surface area (Å²) in [5.41, 5.74) is 0. The molecule has 4 nitrogen and oxygen atoms in total. The topological polar surface area (TPSA) is 66.2 Å². The second kappa shape index (κ2) is 8.94. The molecular weight excluding hydrogens is 204 g/mol. The van der Waals surface area contributed by atoms with E-state index in [-0.39, 0.29) is 32.8 Å². The third-order valence-electron chi connectivity index (χ3n) is 0. The predicted molar refractivity (Wildman–Crippen MR) is 10.4 cm³/mol. The first-order chi connectivity index (χ1) is 1.73. The van der Waals surface area contributed by atoms with Crippen LogP contribution in [0, 0.1) is 15.3 Å². The Hall–Kier alpha value is 0.152. The van der Waals surface area contributed by atoms with Gasteiger partial charge >= 0.3 is 20.4 Å². The number of rotatable bonds is 0. The Balaban J connectivity index is -0.0000000450. The third-order valence-corrected chi connectivity index (χ3v) is 0. The zero-order chi connectivity index (χ0) is 3.58. The Morgan fingerprint density at radius 1 is 1.33 bits per heavy atom. The number of hydrogen-bond acceptors (Lipinski definition) is 3. The Morgan fingerprint density at radius 3 is 1.33 bits per heavy atom. The summed E-state index contributed by atoms with van der Waals surface area (Å²) in [5, 5.41) is 14.8. The van der Waals surface area contributed by atoms with E-state index in [1.807, 2.05) is 0 Å². The zero-order valence-corrected chi connectivity index (χ0v) is 4.68. The van der Waals surface area contributed by atoms with Gasteiger partial charge in [-0.1, -0.05) is 0 Å². The Bertz CT molecular complexity index is 33.8. The van der Waals surface area contributed by atoms with Gasteiger partial charge in [0, 0.05) is 0 Å². The second-order valence-electron chi connectivity index (χ2n) is 0.224. The molecule has 0 heterocycles. The van der Waals surface area contributed by atoms with Crippen LogP contribution in [-0.2, 0) is 20.4 Å². The van der Waals surface area contributed by atoms with Crippen LogP contribution in [0.5, 0.6) is 0 Å². The summed E-state index contributed by atoms with van der Waals surface area (Å²) in [6.07, 6.45) is 0. The molecule has 0 saturated carbocycles. The van der Waals surface area contributed by atoms with Crippen molar-refractivity contribution in [3.05, 3.63) is 15.3 Å². The Kier molecular flexibility index (Phi) is 24.5. The molecule has 0 saturated heterocycles. The van der Waals surface area contributed by atoms with Crippen LogP contribution in [-0.4, -0.2) is 5.09 Å². The molecule has 0 aromatic carbocycles. The molecule has 6 heteroatoms. The van der Waals surface area contributed by atoms with E-state index in [1.54, 1.807) is 0 Å². The summed E-state index contributed by atoms with van der Waals surface area (Å²) in [5.74, 6) is 0. The van der Waals surface area contributed by atoms with E-state index >= 15 is 0 Å². The van der Waals surface area contributed by atoms with E-state index in [0.29, 0.717) is 0 Å². The fraction of sp³-hybridized carbons (Fsp3) is 0. The van der Waals surface area contributed by atoms with Crippen molar-refractivity contribution < 1.29 is 37.9 Å². The van der Waals surface area contributed by atoms with E-state index in [9.17, 15) is 0 Å². The number of halogens is 1. The van der Waals surface area contributed by atoms with Gasteiger partial charge < -0.3 is 27.7 Å². The molecule has 6 heavy (non-hydrogen) atoms. The molecule has 0 unspecified atom stereocenters. The van der Waals surface area contributed by atoms with Crippen molar-refractivity contribution in [2.75, 3.05) is 0 Å². The summed E-state index contributed by atoms with van der Waals surface area (Å²) < 4.78 is 0. The number of nitrogens with zero attached hydrogens (tertiary/aromatic N) is 1. The molecule has 0 aliphatic carbocycles. The van der Waals surface area contributed by atoms with Crippen molar-refractivity contribution in [1.82, 2.24) is 0 Å². The normalized spacial score (nSPS) is 4.00. The largest absolute Gasteiger partial charge is 2.00 e. The minimum absolute atomic E-state index is 0. The second-order valence-corrected chi connectivity index (χ2v) is 0.224. The van der Waals surface area contributed by atoms with Gasteiger partial charge in [-0.05, 0) is 0 Å². The molecule has 0 fully saturated rings. The molecule has 0 aliphatic heterocycles. The monoisotopic (exact) mass is 203 g/mol. The van der Waals surface area contributed by atoms with Crippen LogP contribution in [0.2, 0.25) is 0 Å². The molecule has 0 radical (unpaired) electrons. The van der Waals surface area contributed by atoms with Crippen molar-refractivity contribution >= 4 is 0 Å². The first-order valence-corrected chi connectivity index (χ1v) is 0.548. The maximum absolute atomic E-state index is 8.25. The maximum atomic E-state index is 8.25. The van der Waals surface area contributed by atoms with Gasteiger partial charge in [0.15, 0.2) is 0 Å². The van der Waals surface area contributed by atoms with Crippen LogP contribution in [0.3, 0.4) is 0 Å². The van der Waals surface area contributed by atoms with Crippen molar-refractivity contribution in [2.45, 2.75) is 0 Å².